The average molecular weight is 349 g/mol. The van der Waals surface area contributed by atoms with Crippen molar-refractivity contribution in [1.82, 2.24) is 9.97 Å². The summed E-state index contributed by atoms with van der Waals surface area (Å²) in [5.74, 6) is 0.918. The zero-order valence-electron chi connectivity index (χ0n) is 14.1. The van der Waals surface area contributed by atoms with Gasteiger partial charge in [-0.3, -0.25) is 0 Å². The van der Waals surface area contributed by atoms with Crippen molar-refractivity contribution < 1.29 is 13.2 Å². The van der Waals surface area contributed by atoms with Crippen LogP contribution >= 0.6 is 0 Å². The molecule has 6 nitrogen and oxygen atoms in total. The summed E-state index contributed by atoms with van der Waals surface area (Å²) in [6, 6.07) is 5.98. The van der Waals surface area contributed by atoms with Gasteiger partial charge in [-0.05, 0) is 31.4 Å². The molecule has 130 valence electrons. The molecule has 0 bridgehead atoms. The Kier molecular flexibility index (Phi) is 4.73. The monoisotopic (exact) mass is 349 g/mol. The van der Waals surface area contributed by atoms with Crippen molar-refractivity contribution in [2.24, 2.45) is 5.41 Å². The smallest absolute Gasteiger partial charge is 0.148 e. The molecule has 0 unspecified atom stereocenters. The molecule has 0 spiro atoms. The van der Waals surface area contributed by atoms with Gasteiger partial charge in [0.15, 0.2) is 0 Å². The number of para-hydroxylation sites is 1. The third kappa shape index (κ3) is 3.84. The SMILES string of the molecule is Cc1cccc2c(NCC3(CS(C)(=O)=O)CCOCC3)ncnc12. The summed E-state index contributed by atoms with van der Waals surface area (Å²) in [5, 5.41) is 4.33. The van der Waals surface area contributed by atoms with Gasteiger partial charge in [0.2, 0.25) is 0 Å². The number of nitrogens with zero attached hydrogens (tertiary/aromatic N) is 2. The number of fused-ring (bicyclic) bond motifs is 1. The highest BCUT2D eigenvalue weighted by Crippen LogP contribution is 2.33. The van der Waals surface area contributed by atoms with Crippen LogP contribution in [-0.4, -0.2) is 50.2 Å². The molecule has 1 fully saturated rings. The molecule has 0 atom stereocenters. The van der Waals surface area contributed by atoms with Crippen molar-refractivity contribution in [2.75, 3.05) is 37.1 Å². The van der Waals surface area contributed by atoms with Crippen LogP contribution in [0.15, 0.2) is 24.5 Å². The zero-order valence-corrected chi connectivity index (χ0v) is 14.9. The standard InChI is InChI=1S/C17H23N3O3S/c1-13-4-3-5-14-15(13)19-12-20-16(14)18-10-17(11-24(2,21)22)6-8-23-9-7-17/h3-5,12H,6-11H2,1-2H3,(H,18,19,20). The van der Waals surface area contributed by atoms with Crippen molar-refractivity contribution in [3.8, 4) is 0 Å². The van der Waals surface area contributed by atoms with E-state index in [0.717, 1.165) is 35.1 Å². The fourth-order valence-corrected chi connectivity index (χ4v) is 4.88. The van der Waals surface area contributed by atoms with Crippen LogP contribution in [0.5, 0.6) is 0 Å². The topological polar surface area (TPSA) is 81.2 Å². The minimum Gasteiger partial charge on any atom is -0.381 e. The predicted molar refractivity (Wildman–Crippen MR) is 95.0 cm³/mol. The van der Waals surface area contributed by atoms with Crippen molar-refractivity contribution in [3.63, 3.8) is 0 Å². The molecular weight excluding hydrogens is 326 g/mol. The highest BCUT2D eigenvalue weighted by molar-refractivity contribution is 7.90. The van der Waals surface area contributed by atoms with Crippen molar-refractivity contribution in [3.05, 3.63) is 30.1 Å². The fraction of sp³-hybridized carbons (Fsp3) is 0.529. The fourth-order valence-electron chi connectivity index (χ4n) is 3.38. The van der Waals surface area contributed by atoms with E-state index in [-0.39, 0.29) is 11.2 Å². The van der Waals surface area contributed by atoms with Crippen LogP contribution in [0.25, 0.3) is 10.9 Å². The molecule has 0 aliphatic carbocycles. The Morgan fingerprint density at radius 3 is 2.71 bits per heavy atom. The molecule has 24 heavy (non-hydrogen) atoms. The Labute approximate surface area is 142 Å². The maximum Gasteiger partial charge on any atom is 0.148 e. The van der Waals surface area contributed by atoms with E-state index in [0.29, 0.717) is 19.8 Å². The van der Waals surface area contributed by atoms with E-state index in [1.54, 1.807) is 6.33 Å². The summed E-state index contributed by atoms with van der Waals surface area (Å²) in [5.41, 5.74) is 1.70. The van der Waals surface area contributed by atoms with Crippen LogP contribution in [0.3, 0.4) is 0 Å². The second kappa shape index (κ2) is 6.64. The number of aromatic nitrogens is 2. The van der Waals surface area contributed by atoms with Crippen LogP contribution in [-0.2, 0) is 14.6 Å². The van der Waals surface area contributed by atoms with Crippen LogP contribution in [0.2, 0.25) is 0 Å². The molecular formula is C17H23N3O3S. The van der Waals surface area contributed by atoms with Gasteiger partial charge in [0.05, 0.1) is 11.3 Å². The van der Waals surface area contributed by atoms with Gasteiger partial charge in [0, 0.05) is 36.8 Å². The lowest BCUT2D eigenvalue weighted by Crippen LogP contribution is -2.41. The zero-order chi connectivity index (χ0) is 17.2. The van der Waals surface area contributed by atoms with Crippen LogP contribution in [0.4, 0.5) is 5.82 Å². The van der Waals surface area contributed by atoms with Gasteiger partial charge >= 0.3 is 0 Å². The molecule has 1 aromatic heterocycles. The van der Waals surface area contributed by atoms with Crippen molar-refractivity contribution >= 4 is 26.6 Å². The highest BCUT2D eigenvalue weighted by atomic mass is 32.2. The highest BCUT2D eigenvalue weighted by Gasteiger charge is 2.36. The van der Waals surface area contributed by atoms with E-state index >= 15 is 0 Å². The lowest BCUT2D eigenvalue weighted by molar-refractivity contribution is 0.0315. The molecule has 1 saturated heterocycles. The van der Waals surface area contributed by atoms with Gasteiger partial charge in [-0.25, -0.2) is 18.4 Å². The molecule has 0 radical (unpaired) electrons. The summed E-state index contributed by atoms with van der Waals surface area (Å²) in [4.78, 5) is 8.70. The minimum atomic E-state index is -3.06. The maximum absolute atomic E-state index is 11.9. The first kappa shape index (κ1) is 17.1. The van der Waals surface area contributed by atoms with E-state index in [2.05, 4.69) is 15.3 Å². The summed E-state index contributed by atoms with van der Waals surface area (Å²) in [6.07, 6.45) is 4.31. The number of nitrogens with one attached hydrogen (secondary N) is 1. The van der Waals surface area contributed by atoms with E-state index in [1.165, 1.54) is 6.26 Å². The number of aryl methyl sites for hydroxylation is 1. The number of anilines is 1. The number of sulfone groups is 1. The second-order valence-electron chi connectivity index (χ2n) is 6.73. The first-order valence-corrected chi connectivity index (χ1v) is 10.1. The Morgan fingerprint density at radius 1 is 1.25 bits per heavy atom. The maximum atomic E-state index is 11.9. The summed E-state index contributed by atoms with van der Waals surface area (Å²) < 4.78 is 29.2. The molecule has 1 aliphatic heterocycles. The largest absolute Gasteiger partial charge is 0.381 e. The minimum absolute atomic E-state index is 0.165. The van der Waals surface area contributed by atoms with E-state index in [4.69, 9.17) is 4.74 Å². The van der Waals surface area contributed by atoms with E-state index in [1.807, 2.05) is 25.1 Å². The van der Waals surface area contributed by atoms with Gasteiger partial charge in [-0.1, -0.05) is 12.1 Å². The third-order valence-corrected chi connectivity index (χ3v) is 5.76. The lowest BCUT2D eigenvalue weighted by Gasteiger charge is -2.36. The molecule has 0 amide bonds. The Hall–Kier alpha value is -1.73. The molecule has 1 N–H and O–H groups in total. The van der Waals surface area contributed by atoms with Gasteiger partial charge < -0.3 is 10.1 Å². The molecule has 0 saturated carbocycles. The first-order valence-electron chi connectivity index (χ1n) is 8.08. The van der Waals surface area contributed by atoms with Crippen LogP contribution < -0.4 is 5.32 Å². The molecule has 1 aromatic carbocycles. The average Bonchev–Trinajstić information content (AvgIpc) is 2.53. The first-order chi connectivity index (χ1) is 11.4. The van der Waals surface area contributed by atoms with Crippen LogP contribution in [0.1, 0.15) is 18.4 Å². The van der Waals surface area contributed by atoms with E-state index in [9.17, 15) is 8.42 Å². The molecule has 2 heterocycles. The van der Waals surface area contributed by atoms with Gasteiger partial charge in [-0.15, -0.1) is 0 Å². The normalized spacial score (nSPS) is 17.8. The summed E-state index contributed by atoms with van der Waals surface area (Å²) in [7, 11) is -3.06. The van der Waals surface area contributed by atoms with Crippen LogP contribution in [0, 0.1) is 12.3 Å². The van der Waals surface area contributed by atoms with Crippen molar-refractivity contribution in [2.45, 2.75) is 19.8 Å². The van der Waals surface area contributed by atoms with E-state index < -0.39 is 9.84 Å². The summed E-state index contributed by atoms with van der Waals surface area (Å²) in [6.45, 7) is 3.77. The van der Waals surface area contributed by atoms with Gasteiger partial charge in [0.25, 0.3) is 0 Å². The molecule has 7 heteroatoms. The Balaban J connectivity index is 1.86. The molecule has 2 aromatic rings. The third-order valence-electron chi connectivity index (χ3n) is 4.62. The van der Waals surface area contributed by atoms with Gasteiger partial charge in [0.1, 0.15) is 22.0 Å². The Morgan fingerprint density at radius 2 is 2.00 bits per heavy atom. The predicted octanol–water partition coefficient (Wildman–Crippen LogP) is 2.19. The Bertz CT molecular complexity index is 830. The number of rotatable bonds is 5. The van der Waals surface area contributed by atoms with Crippen molar-refractivity contribution in [1.29, 1.82) is 0 Å². The quantitative estimate of drug-likeness (QED) is 0.891. The van der Waals surface area contributed by atoms with Gasteiger partial charge in [-0.2, -0.15) is 0 Å². The number of benzene rings is 1. The summed E-state index contributed by atoms with van der Waals surface area (Å²) >= 11 is 0. The number of ether oxygens (including phenoxy) is 1. The second-order valence-corrected chi connectivity index (χ2v) is 8.87. The number of hydrogen-bond donors (Lipinski definition) is 1. The molecule has 3 rings (SSSR count). The number of hydrogen-bond acceptors (Lipinski definition) is 6. The lowest BCUT2D eigenvalue weighted by atomic mass is 9.82. The molecule has 1 aliphatic rings.